The summed E-state index contributed by atoms with van der Waals surface area (Å²) in [5, 5.41) is 10.1. The standard InChI is InChI=1S/C11H15ClO/c1-2-3-4-5-9-6-7-10(12)8-11(9)13/h6-8,13H,2-5H2,1H3. The Morgan fingerprint density at radius 1 is 1.31 bits per heavy atom. The predicted molar refractivity (Wildman–Crippen MR) is 56.3 cm³/mol. The Morgan fingerprint density at radius 2 is 2.08 bits per heavy atom. The maximum Gasteiger partial charge on any atom is 0.120 e. The summed E-state index contributed by atoms with van der Waals surface area (Å²) in [5.74, 6) is 0.323. The van der Waals surface area contributed by atoms with Crippen molar-refractivity contribution in [1.82, 2.24) is 0 Å². The third-order valence-electron chi connectivity index (χ3n) is 2.10. The van der Waals surface area contributed by atoms with Crippen molar-refractivity contribution in [2.24, 2.45) is 0 Å². The molecule has 0 heterocycles. The van der Waals surface area contributed by atoms with E-state index in [-0.39, 0.29) is 0 Å². The van der Waals surface area contributed by atoms with Gasteiger partial charge in [0.15, 0.2) is 0 Å². The number of phenolic OH excluding ortho intramolecular Hbond substituents is 1. The molecule has 0 saturated carbocycles. The highest BCUT2D eigenvalue weighted by molar-refractivity contribution is 6.30. The summed E-state index contributed by atoms with van der Waals surface area (Å²) in [4.78, 5) is 0. The van der Waals surface area contributed by atoms with E-state index in [1.807, 2.05) is 12.1 Å². The molecule has 1 aromatic rings. The summed E-state index contributed by atoms with van der Waals surface area (Å²) in [6.45, 7) is 2.17. The van der Waals surface area contributed by atoms with E-state index in [9.17, 15) is 5.11 Å². The second kappa shape index (κ2) is 5.13. The molecular weight excluding hydrogens is 184 g/mol. The fourth-order valence-electron chi connectivity index (χ4n) is 1.31. The first-order valence-electron chi connectivity index (χ1n) is 4.71. The van der Waals surface area contributed by atoms with E-state index in [2.05, 4.69) is 6.92 Å². The fourth-order valence-corrected chi connectivity index (χ4v) is 1.48. The molecule has 0 aliphatic carbocycles. The number of hydrogen-bond acceptors (Lipinski definition) is 1. The second-order valence-electron chi connectivity index (χ2n) is 3.23. The van der Waals surface area contributed by atoms with Crippen LogP contribution in [0.4, 0.5) is 0 Å². The van der Waals surface area contributed by atoms with Gasteiger partial charge >= 0.3 is 0 Å². The Bertz CT molecular complexity index is 271. The molecule has 2 heteroatoms. The molecule has 0 amide bonds. The highest BCUT2D eigenvalue weighted by Crippen LogP contribution is 2.23. The molecule has 0 bridgehead atoms. The molecule has 0 unspecified atom stereocenters. The van der Waals surface area contributed by atoms with Crippen molar-refractivity contribution < 1.29 is 5.11 Å². The largest absolute Gasteiger partial charge is 0.508 e. The van der Waals surface area contributed by atoms with Crippen LogP contribution in [-0.2, 0) is 6.42 Å². The Balaban J connectivity index is 2.56. The lowest BCUT2D eigenvalue weighted by atomic mass is 10.1. The monoisotopic (exact) mass is 198 g/mol. The molecule has 0 saturated heterocycles. The average Bonchev–Trinajstić information content (AvgIpc) is 2.09. The van der Waals surface area contributed by atoms with Gasteiger partial charge < -0.3 is 5.11 Å². The first-order valence-corrected chi connectivity index (χ1v) is 5.09. The number of rotatable bonds is 4. The van der Waals surface area contributed by atoms with Crippen molar-refractivity contribution in [3.63, 3.8) is 0 Å². The van der Waals surface area contributed by atoms with Crippen LogP contribution in [-0.4, -0.2) is 5.11 Å². The molecule has 0 fully saturated rings. The van der Waals surface area contributed by atoms with Crippen LogP contribution < -0.4 is 0 Å². The third kappa shape index (κ3) is 3.27. The summed E-state index contributed by atoms with van der Waals surface area (Å²) in [6, 6.07) is 5.32. The molecule has 0 atom stereocenters. The lowest BCUT2D eigenvalue weighted by Gasteiger charge is -2.03. The molecule has 72 valence electrons. The molecule has 1 aromatic carbocycles. The molecule has 13 heavy (non-hydrogen) atoms. The Hall–Kier alpha value is -0.690. The van der Waals surface area contributed by atoms with Crippen LogP contribution in [0.25, 0.3) is 0 Å². The summed E-state index contributed by atoms with van der Waals surface area (Å²) in [7, 11) is 0. The fraction of sp³-hybridized carbons (Fsp3) is 0.455. The van der Waals surface area contributed by atoms with Crippen molar-refractivity contribution in [3.05, 3.63) is 28.8 Å². The highest BCUT2D eigenvalue weighted by atomic mass is 35.5. The van der Waals surface area contributed by atoms with Gasteiger partial charge in [0.2, 0.25) is 0 Å². The number of aryl methyl sites for hydroxylation is 1. The maximum absolute atomic E-state index is 9.51. The first-order chi connectivity index (χ1) is 6.24. The molecule has 1 N–H and O–H groups in total. The molecule has 1 rings (SSSR count). The Labute approximate surface area is 84.4 Å². The van der Waals surface area contributed by atoms with E-state index >= 15 is 0 Å². The summed E-state index contributed by atoms with van der Waals surface area (Å²) in [6.07, 6.45) is 4.49. The van der Waals surface area contributed by atoms with Crippen LogP contribution >= 0.6 is 11.6 Å². The van der Waals surface area contributed by atoms with E-state index in [0.29, 0.717) is 10.8 Å². The van der Waals surface area contributed by atoms with Gasteiger partial charge in [-0.2, -0.15) is 0 Å². The van der Waals surface area contributed by atoms with Gasteiger partial charge in [-0.3, -0.25) is 0 Å². The van der Waals surface area contributed by atoms with E-state index in [4.69, 9.17) is 11.6 Å². The third-order valence-corrected chi connectivity index (χ3v) is 2.33. The van der Waals surface area contributed by atoms with E-state index in [1.165, 1.54) is 12.8 Å². The Kier molecular flexibility index (Phi) is 4.10. The molecule has 1 nitrogen and oxygen atoms in total. The van der Waals surface area contributed by atoms with Crippen molar-refractivity contribution in [1.29, 1.82) is 0 Å². The molecule has 0 aliphatic heterocycles. The van der Waals surface area contributed by atoms with Crippen LogP contribution in [0.3, 0.4) is 0 Å². The van der Waals surface area contributed by atoms with Gasteiger partial charge in [-0.05, 0) is 30.5 Å². The number of phenols is 1. The quantitative estimate of drug-likeness (QED) is 0.731. The molecule has 0 aliphatic rings. The maximum atomic E-state index is 9.51. The van der Waals surface area contributed by atoms with Crippen molar-refractivity contribution in [2.45, 2.75) is 32.6 Å². The second-order valence-corrected chi connectivity index (χ2v) is 3.67. The van der Waals surface area contributed by atoms with E-state index < -0.39 is 0 Å². The zero-order valence-electron chi connectivity index (χ0n) is 7.89. The summed E-state index contributed by atoms with van der Waals surface area (Å²) >= 11 is 5.72. The van der Waals surface area contributed by atoms with Crippen molar-refractivity contribution >= 4 is 11.6 Å². The number of aromatic hydroxyl groups is 1. The van der Waals surface area contributed by atoms with Gasteiger partial charge in [0.1, 0.15) is 5.75 Å². The van der Waals surface area contributed by atoms with Crippen molar-refractivity contribution in [3.8, 4) is 5.75 Å². The molecule has 0 aromatic heterocycles. The molecule has 0 radical (unpaired) electrons. The van der Waals surface area contributed by atoms with E-state index in [1.54, 1.807) is 6.07 Å². The van der Waals surface area contributed by atoms with Gasteiger partial charge in [-0.15, -0.1) is 0 Å². The molecular formula is C11H15ClO. The topological polar surface area (TPSA) is 20.2 Å². The molecule has 0 spiro atoms. The lowest BCUT2D eigenvalue weighted by molar-refractivity contribution is 0.466. The average molecular weight is 199 g/mol. The van der Waals surface area contributed by atoms with E-state index in [0.717, 1.165) is 18.4 Å². The van der Waals surface area contributed by atoms with Crippen LogP contribution in [0, 0.1) is 0 Å². The summed E-state index contributed by atoms with van der Waals surface area (Å²) < 4.78 is 0. The van der Waals surface area contributed by atoms with Gasteiger partial charge in [-0.25, -0.2) is 0 Å². The smallest absolute Gasteiger partial charge is 0.120 e. The summed E-state index contributed by atoms with van der Waals surface area (Å²) in [5.41, 5.74) is 0.998. The minimum Gasteiger partial charge on any atom is -0.508 e. The zero-order valence-corrected chi connectivity index (χ0v) is 8.64. The van der Waals surface area contributed by atoms with Crippen LogP contribution in [0.2, 0.25) is 5.02 Å². The Morgan fingerprint density at radius 3 is 2.69 bits per heavy atom. The van der Waals surface area contributed by atoms with Crippen LogP contribution in [0.15, 0.2) is 18.2 Å². The number of unbranched alkanes of at least 4 members (excludes halogenated alkanes) is 2. The first kappa shape index (κ1) is 10.4. The van der Waals surface area contributed by atoms with Gasteiger partial charge in [-0.1, -0.05) is 37.4 Å². The van der Waals surface area contributed by atoms with Gasteiger partial charge in [0.05, 0.1) is 0 Å². The number of benzene rings is 1. The van der Waals surface area contributed by atoms with Gasteiger partial charge in [0, 0.05) is 5.02 Å². The predicted octanol–water partition coefficient (Wildman–Crippen LogP) is 3.78. The lowest BCUT2D eigenvalue weighted by Crippen LogP contribution is -1.86. The minimum atomic E-state index is 0.323. The van der Waals surface area contributed by atoms with Crippen LogP contribution in [0.5, 0.6) is 5.75 Å². The van der Waals surface area contributed by atoms with Crippen molar-refractivity contribution in [2.75, 3.05) is 0 Å². The van der Waals surface area contributed by atoms with Crippen LogP contribution in [0.1, 0.15) is 31.7 Å². The zero-order chi connectivity index (χ0) is 9.68. The number of hydrogen-bond donors (Lipinski definition) is 1. The van der Waals surface area contributed by atoms with Gasteiger partial charge in [0.25, 0.3) is 0 Å². The number of halogens is 1. The highest BCUT2D eigenvalue weighted by Gasteiger charge is 2.00. The minimum absolute atomic E-state index is 0.323. The SMILES string of the molecule is CCCCCc1ccc(Cl)cc1O. The normalized spacial score (nSPS) is 10.3.